The Morgan fingerprint density at radius 1 is 1.43 bits per heavy atom. The molecule has 0 saturated heterocycles. The molecule has 1 rings (SSSR count). The van der Waals surface area contributed by atoms with Crippen molar-refractivity contribution in [2.75, 3.05) is 11.5 Å². The van der Waals surface area contributed by atoms with E-state index in [0.717, 1.165) is 10.8 Å². The lowest BCUT2D eigenvalue weighted by atomic mass is 10.1. The summed E-state index contributed by atoms with van der Waals surface area (Å²) in [6, 6.07) is 0. The number of hydrogen-bond acceptors (Lipinski definition) is 5. The first-order valence-electron chi connectivity index (χ1n) is 4.41. The molecule has 0 amide bonds. The van der Waals surface area contributed by atoms with Gasteiger partial charge in [-0.3, -0.25) is 0 Å². The second kappa shape index (κ2) is 4.61. The quantitative estimate of drug-likeness (QED) is 0.738. The van der Waals surface area contributed by atoms with Gasteiger partial charge >= 0.3 is 0 Å². The molecule has 0 spiro atoms. The molecule has 0 saturated carbocycles. The molecule has 0 aromatic carbocycles. The number of nitrogens with zero attached hydrogens (tertiary/aromatic N) is 2. The predicted octanol–water partition coefficient (Wildman–Crippen LogP) is 1.31. The second-order valence-electron chi connectivity index (χ2n) is 3.66. The molecule has 78 valence electrons. The molecule has 1 aromatic rings. The van der Waals surface area contributed by atoms with Gasteiger partial charge in [-0.15, -0.1) is 11.8 Å². The van der Waals surface area contributed by atoms with E-state index in [-0.39, 0.29) is 0 Å². The van der Waals surface area contributed by atoms with Gasteiger partial charge in [0.1, 0.15) is 5.03 Å². The second-order valence-corrected chi connectivity index (χ2v) is 4.74. The van der Waals surface area contributed by atoms with E-state index in [1.54, 1.807) is 26.2 Å². The lowest BCUT2D eigenvalue weighted by Crippen LogP contribution is -2.19. The fourth-order valence-electron chi connectivity index (χ4n) is 0.845. The molecule has 0 aliphatic heterocycles. The minimum absolute atomic E-state index is 0.452. The van der Waals surface area contributed by atoms with Gasteiger partial charge in [0.15, 0.2) is 5.82 Å². The van der Waals surface area contributed by atoms with E-state index in [2.05, 4.69) is 9.97 Å². The number of hydrogen-bond donors (Lipinski definition) is 2. The van der Waals surface area contributed by atoms with Crippen molar-refractivity contribution in [1.29, 1.82) is 0 Å². The van der Waals surface area contributed by atoms with E-state index < -0.39 is 5.60 Å². The maximum atomic E-state index is 9.48. The highest BCUT2D eigenvalue weighted by molar-refractivity contribution is 7.99. The Bertz CT molecular complexity index is 298. The molecule has 0 atom stereocenters. The smallest absolute Gasteiger partial charge is 0.156 e. The standard InChI is InChI=1S/C9H15N3OS/c1-9(2,13)3-6-14-8-7(10)11-4-5-12-8/h4-5,13H,3,6H2,1-2H3,(H2,10,11). The van der Waals surface area contributed by atoms with Gasteiger partial charge in [0.2, 0.25) is 0 Å². The van der Waals surface area contributed by atoms with Crippen LogP contribution in [0.15, 0.2) is 17.4 Å². The van der Waals surface area contributed by atoms with Crippen LogP contribution in [-0.2, 0) is 0 Å². The van der Waals surface area contributed by atoms with Gasteiger partial charge in [-0.1, -0.05) is 0 Å². The molecule has 0 bridgehead atoms. The van der Waals surface area contributed by atoms with Crippen LogP contribution in [0.2, 0.25) is 0 Å². The molecule has 1 aromatic heterocycles. The molecule has 3 N–H and O–H groups in total. The van der Waals surface area contributed by atoms with Gasteiger partial charge in [0.25, 0.3) is 0 Å². The van der Waals surface area contributed by atoms with E-state index >= 15 is 0 Å². The van der Waals surface area contributed by atoms with Gasteiger partial charge in [-0.2, -0.15) is 0 Å². The Morgan fingerprint density at radius 3 is 2.64 bits per heavy atom. The molecule has 0 aliphatic rings. The average Bonchev–Trinajstić information content (AvgIpc) is 2.06. The summed E-state index contributed by atoms with van der Waals surface area (Å²) in [6.45, 7) is 3.57. The number of aromatic nitrogens is 2. The molecule has 0 fully saturated rings. The lowest BCUT2D eigenvalue weighted by Gasteiger charge is -2.15. The largest absolute Gasteiger partial charge is 0.390 e. The number of anilines is 1. The maximum absolute atomic E-state index is 9.48. The van der Waals surface area contributed by atoms with Crippen molar-refractivity contribution < 1.29 is 5.11 Å². The van der Waals surface area contributed by atoms with E-state index in [1.807, 2.05) is 0 Å². The highest BCUT2D eigenvalue weighted by atomic mass is 32.2. The van der Waals surface area contributed by atoms with Crippen LogP contribution in [0.25, 0.3) is 0 Å². The summed E-state index contributed by atoms with van der Waals surface area (Å²) < 4.78 is 0. The Morgan fingerprint density at radius 2 is 2.07 bits per heavy atom. The van der Waals surface area contributed by atoms with E-state index in [0.29, 0.717) is 12.2 Å². The number of aliphatic hydroxyl groups is 1. The Balaban J connectivity index is 2.43. The predicted molar refractivity (Wildman–Crippen MR) is 58.1 cm³/mol. The summed E-state index contributed by atoms with van der Waals surface area (Å²) in [7, 11) is 0. The highest BCUT2D eigenvalue weighted by Gasteiger charge is 2.12. The van der Waals surface area contributed by atoms with Gasteiger partial charge in [-0.25, -0.2) is 9.97 Å². The monoisotopic (exact) mass is 213 g/mol. The molecule has 0 radical (unpaired) electrons. The zero-order valence-electron chi connectivity index (χ0n) is 8.40. The fourth-order valence-corrected chi connectivity index (χ4v) is 1.98. The van der Waals surface area contributed by atoms with Crippen molar-refractivity contribution in [2.45, 2.75) is 30.9 Å². The molecular weight excluding hydrogens is 198 g/mol. The van der Waals surface area contributed by atoms with Gasteiger partial charge in [0.05, 0.1) is 5.60 Å². The van der Waals surface area contributed by atoms with Crippen LogP contribution in [0.5, 0.6) is 0 Å². The van der Waals surface area contributed by atoms with Crippen molar-refractivity contribution in [3.05, 3.63) is 12.4 Å². The summed E-state index contributed by atoms with van der Waals surface area (Å²) in [5, 5.41) is 10.2. The molecule has 4 nitrogen and oxygen atoms in total. The van der Waals surface area contributed by atoms with Gasteiger partial charge in [-0.05, 0) is 20.3 Å². The number of rotatable bonds is 4. The summed E-state index contributed by atoms with van der Waals surface area (Å²) in [4.78, 5) is 8.02. The summed E-state index contributed by atoms with van der Waals surface area (Å²) >= 11 is 1.52. The summed E-state index contributed by atoms with van der Waals surface area (Å²) in [5.41, 5.74) is 4.98. The zero-order chi connectivity index (χ0) is 10.6. The topological polar surface area (TPSA) is 72.0 Å². The lowest BCUT2D eigenvalue weighted by molar-refractivity contribution is 0.0777. The van der Waals surface area contributed by atoms with Crippen molar-refractivity contribution in [3.63, 3.8) is 0 Å². The third-order valence-corrected chi connectivity index (χ3v) is 2.64. The van der Waals surface area contributed by atoms with Crippen molar-refractivity contribution in [3.8, 4) is 0 Å². The first kappa shape index (κ1) is 11.3. The molecule has 1 heterocycles. The van der Waals surface area contributed by atoms with Crippen LogP contribution < -0.4 is 5.73 Å². The van der Waals surface area contributed by atoms with Crippen molar-refractivity contribution in [1.82, 2.24) is 9.97 Å². The Hall–Kier alpha value is -0.810. The molecule has 5 heteroatoms. The summed E-state index contributed by atoms with van der Waals surface area (Å²) in [5.74, 6) is 1.24. The van der Waals surface area contributed by atoms with Crippen molar-refractivity contribution in [2.24, 2.45) is 0 Å². The third kappa shape index (κ3) is 3.93. The average molecular weight is 213 g/mol. The minimum atomic E-state index is -0.635. The highest BCUT2D eigenvalue weighted by Crippen LogP contribution is 2.22. The van der Waals surface area contributed by atoms with Crippen molar-refractivity contribution >= 4 is 17.6 Å². The number of nitrogens with two attached hydrogens (primary N) is 1. The van der Waals surface area contributed by atoms with Crippen LogP contribution in [0.4, 0.5) is 5.82 Å². The first-order chi connectivity index (χ1) is 6.49. The Kier molecular flexibility index (Phi) is 3.71. The van der Waals surface area contributed by atoms with Crippen LogP contribution in [0.1, 0.15) is 20.3 Å². The Labute approximate surface area is 88.0 Å². The number of thioether (sulfide) groups is 1. The van der Waals surface area contributed by atoms with Gasteiger partial charge in [0, 0.05) is 18.1 Å². The van der Waals surface area contributed by atoms with Crippen LogP contribution in [0.3, 0.4) is 0 Å². The SMILES string of the molecule is CC(C)(O)CCSc1nccnc1N. The fraction of sp³-hybridized carbons (Fsp3) is 0.556. The van der Waals surface area contributed by atoms with E-state index in [1.165, 1.54) is 11.8 Å². The maximum Gasteiger partial charge on any atom is 0.156 e. The van der Waals surface area contributed by atoms with Gasteiger partial charge < -0.3 is 10.8 Å². The van der Waals surface area contributed by atoms with Crippen LogP contribution in [0, 0.1) is 0 Å². The molecular formula is C9H15N3OS. The molecule has 14 heavy (non-hydrogen) atoms. The summed E-state index contributed by atoms with van der Waals surface area (Å²) in [6.07, 6.45) is 3.88. The first-order valence-corrected chi connectivity index (χ1v) is 5.39. The van der Waals surface area contributed by atoms with E-state index in [4.69, 9.17) is 5.73 Å². The molecule has 0 aliphatic carbocycles. The normalized spacial score (nSPS) is 11.6. The van der Waals surface area contributed by atoms with Crippen LogP contribution >= 0.6 is 11.8 Å². The third-order valence-electron chi connectivity index (χ3n) is 1.64. The molecule has 0 unspecified atom stereocenters. The van der Waals surface area contributed by atoms with Crippen LogP contribution in [-0.4, -0.2) is 26.4 Å². The minimum Gasteiger partial charge on any atom is -0.390 e. The zero-order valence-corrected chi connectivity index (χ0v) is 9.21. The number of nitrogen functional groups attached to an aromatic ring is 1. The van der Waals surface area contributed by atoms with E-state index in [9.17, 15) is 5.11 Å².